The third-order valence-corrected chi connectivity index (χ3v) is 9.32. The third kappa shape index (κ3) is 4.41. The van der Waals surface area contributed by atoms with Crippen molar-refractivity contribution in [1.82, 2.24) is 9.62 Å². The van der Waals surface area contributed by atoms with E-state index in [1.165, 1.54) is 10.7 Å². The number of piperidine rings is 1. The summed E-state index contributed by atoms with van der Waals surface area (Å²) in [4.78, 5) is 13.9. The molecule has 2 aliphatic heterocycles. The van der Waals surface area contributed by atoms with Gasteiger partial charge in [0.25, 0.3) is 0 Å². The van der Waals surface area contributed by atoms with E-state index in [2.05, 4.69) is 5.32 Å². The van der Waals surface area contributed by atoms with E-state index in [9.17, 15) is 13.2 Å². The molecule has 0 atom stereocenters. The molecule has 7 nitrogen and oxygen atoms in total. The predicted octanol–water partition coefficient (Wildman–Crippen LogP) is 3.63. The van der Waals surface area contributed by atoms with Crippen molar-refractivity contribution < 1.29 is 22.7 Å². The molecular formula is C26H32N2O5S. The number of nitrogens with one attached hydrogen (secondary N) is 1. The molecule has 0 aromatic heterocycles. The largest absolute Gasteiger partial charge is 0.486 e. The highest BCUT2D eigenvalue weighted by Gasteiger charge is 2.45. The quantitative estimate of drug-likeness (QED) is 0.701. The predicted molar refractivity (Wildman–Crippen MR) is 129 cm³/mol. The van der Waals surface area contributed by atoms with Crippen molar-refractivity contribution in [3.8, 4) is 11.5 Å². The van der Waals surface area contributed by atoms with Crippen LogP contribution in [0, 0.1) is 0 Å². The van der Waals surface area contributed by atoms with Crippen LogP contribution in [0.25, 0.3) is 0 Å². The molecule has 1 amide bonds. The van der Waals surface area contributed by atoms with Gasteiger partial charge in [-0.15, -0.1) is 0 Å². The lowest BCUT2D eigenvalue weighted by Gasteiger charge is -2.41. The Labute approximate surface area is 201 Å². The highest BCUT2D eigenvalue weighted by Crippen LogP contribution is 2.39. The first-order valence-electron chi connectivity index (χ1n) is 12.3. The zero-order valence-electron chi connectivity index (χ0n) is 19.4. The minimum Gasteiger partial charge on any atom is -0.486 e. The standard InChI is InChI=1S/C26H32N2O5S/c29-25(27-21-9-5-2-6-10-21)26(20-7-3-1-4-8-20)13-15-28(16-14-26)34(30,31)22-11-12-23-24(19-22)33-18-17-32-23/h1,3-4,7-8,11-12,19,21H,2,5-6,9-10,13-18H2,(H,27,29). The SMILES string of the molecule is O=C(NC1CCCCC1)C1(c2ccccc2)CCN(S(=O)(=O)c2ccc3c(c2)OCCO3)CC1. The summed E-state index contributed by atoms with van der Waals surface area (Å²) in [6, 6.07) is 14.8. The lowest BCUT2D eigenvalue weighted by molar-refractivity contribution is -0.129. The highest BCUT2D eigenvalue weighted by molar-refractivity contribution is 7.89. The molecule has 182 valence electrons. The smallest absolute Gasteiger partial charge is 0.243 e. The van der Waals surface area contributed by atoms with Crippen LogP contribution in [0.2, 0.25) is 0 Å². The number of carbonyl (C=O) groups is 1. The second-order valence-electron chi connectivity index (χ2n) is 9.47. The number of nitrogens with zero attached hydrogens (tertiary/aromatic N) is 1. The first kappa shape index (κ1) is 23.2. The van der Waals surface area contributed by atoms with Gasteiger partial charge in [0.15, 0.2) is 11.5 Å². The van der Waals surface area contributed by atoms with Crippen LogP contribution in [0.3, 0.4) is 0 Å². The lowest BCUT2D eigenvalue weighted by atomic mass is 9.72. The zero-order valence-corrected chi connectivity index (χ0v) is 20.2. The Balaban J connectivity index is 1.36. The number of benzene rings is 2. The van der Waals surface area contributed by atoms with E-state index in [0.29, 0.717) is 37.6 Å². The maximum Gasteiger partial charge on any atom is 0.243 e. The van der Waals surface area contributed by atoms with Crippen molar-refractivity contribution in [2.45, 2.75) is 61.3 Å². The number of hydrogen-bond donors (Lipinski definition) is 1. The van der Waals surface area contributed by atoms with Crippen LogP contribution >= 0.6 is 0 Å². The summed E-state index contributed by atoms with van der Waals surface area (Å²) < 4.78 is 39.5. The molecule has 8 heteroatoms. The van der Waals surface area contributed by atoms with Gasteiger partial charge in [-0.05, 0) is 43.4 Å². The average molecular weight is 485 g/mol. The Bertz CT molecular complexity index is 1120. The normalized spacial score (nSPS) is 21.1. The maximum atomic E-state index is 13.7. The second-order valence-corrected chi connectivity index (χ2v) is 11.4. The van der Waals surface area contributed by atoms with Crippen LogP contribution in [0.1, 0.15) is 50.5 Å². The minimum atomic E-state index is -3.71. The Morgan fingerprint density at radius 3 is 2.29 bits per heavy atom. The summed E-state index contributed by atoms with van der Waals surface area (Å²) in [6.07, 6.45) is 6.43. The van der Waals surface area contributed by atoms with Gasteiger partial charge >= 0.3 is 0 Å². The van der Waals surface area contributed by atoms with E-state index in [-0.39, 0.29) is 29.9 Å². The van der Waals surface area contributed by atoms with Gasteiger partial charge in [0.05, 0.1) is 10.3 Å². The van der Waals surface area contributed by atoms with Crippen molar-refractivity contribution >= 4 is 15.9 Å². The molecule has 2 fully saturated rings. The number of fused-ring (bicyclic) bond motifs is 1. The minimum absolute atomic E-state index is 0.0296. The van der Waals surface area contributed by atoms with E-state index in [0.717, 1.165) is 31.2 Å². The topological polar surface area (TPSA) is 84.9 Å². The Hall–Kier alpha value is -2.58. The molecule has 5 rings (SSSR count). The van der Waals surface area contributed by atoms with Crippen molar-refractivity contribution in [1.29, 1.82) is 0 Å². The Morgan fingerprint density at radius 2 is 1.59 bits per heavy atom. The third-order valence-electron chi connectivity index (χ3n) is 7.43. The Morgan fingerprint density at radius 1 is 0.912 bits per heavy atom. The van der Waals surface area contributed by atoms with Gasteiger partial charge in [-0.3, -0.25) is 4.79 Å². The van der Waals surface area contributed by atoms with Crippen LogP contribution in [-0.2, 0) is 20.2 Å². The summed E-state index contributed by atoms with van der Waals surface area (Å²) in [5.74, 6) is 1.04. The highest BCUT2D eigenvalue weighted by atomic mass is 32.2. The van der Waals surface area contributed by atoms with E-state index in [1.54, 1.807) is 18.2 Å². The molecule has 0 bridgehead atoms. The van der Waals surface area contributed by atoms with Crippen LogP contribution in [0.5, 0.6) is 11.5 Å². The average Bonchev–Trinajstić information content (AvgIpc) is 2.89. The second kappa shape index (κ2) is 9.58. The molecular weight excluding hydrogens is 452 g/mol. The monoisotopic (exact) mass is 484 g/mol. The number of sulfonamides is 1. The van der Waals surface area contributed by atoms with Gasteiger partial charge in [0.1, 0.15) is 13.2 Å². The summed E-state index contributed by atoms with van der Waals surface area (Å²) in [7, 11) is -3.71. The zero-order chi connectivity index (χ0) is 23.6. The fourth-order valence-electron chi connectivity index (χ4n) is 5.42. The number of hydrogen-bond acceptors (Lipinski definition) is 5. The fraction of sp³-hybridized carbons (Fsp3) is 0.500. The van der Waals surface area contributed by atoms with Crippen molar-refractivity contribution in [2.75, 3.05) is 26.3 Å². The molecule has 1 aliphatic carbocycles. The summed E-state index contributed by atoms with van der Waals surface area (Å²) in [5.41, 5.74) is 0.233. The fourth-order valence-corrected chi connectivity index (χ4v) is 6.87. The molecule has 2 aromatic rings. The van der Waals surface area contributed by atoms with Crippen LogP contribution in [0.4, 0.5) is 0 Å². The van der Waals surface area contributed by atoms with E-state index in [4.69, 9.17) is 9.47 Å². The number of ether oxygens (including phenoxy) is 2. The molecule has 1 saturated carbocycles. The molecule has 0 spiro atoms. The first-order valence-corrected chi connectivity index (χ1v) is 13.7. The van der Waals surface area contributed by atoms with Gasteiger partial charge in [-0.25, -0.2) is 8.42 Å². The molecule has 2 aromatic carbocycles. The molecule has 2 heterocycles. The number of carbonyl (C=O) groups excluding carboxylic acids is 1. The van der Waals surface area contributed by atoms with Gasteiger partial charge in [0, 0.05) is 25.2 Å². The molecule has 1 N–H and O–H groups in total. The summed E-state index contributed by atoms with van der Waals surface area (Å²) >= 11 is 0. The van der Waals surface area contributed by atoms with Crippen molar-refractivity contribution in [2.24, 2.45) is 0 Å². The lowest BCUT2D eigenvalue weighted by Crippen LogP contribution is -2.54. The summed E-state index contributed by atoms with van der Waals surface area (Å²) in [5, 5.41) is 3.31. The van der Waals surface area contributed by atoms with Crippen LogP contribution in [-0.4, -0.2) is 51.0 Å². The summed E-state index contributed by atoms with van der Waals surface area (Å²) in [6.45, 7) is 1.42. The van der Waals surface area contributed by atoms with Crippen molar-refractivity contribution in [3.63, 3.8) is 0 Å². The van der Waals surface area contributed by atoms with E-state index >= 15 is 0 Å². The molecule has 0 radical (unpaired) electrons. The van der Waals surface area contributed by atoms with Gasteiger partial charge in [0.2, 0.25) is 15.9 Å². The van der Waals surface area contributed by atoms with E-state index in [1.807, 2.05) is 30.3 Å². The Kier molecular flexibility index (Phi) is 6.53. The van der Waals surface area contributed by atoms with E-state index < -0.39 is 15.4 Å². The molecule has 3 aliphatic rings. The molecule has 34 heavy (non-hydrogen) atoms. The van der Waals surface area contributed by atoms with Crippen LogP contribution in [0.15, 0.2) is 53.4 Å². The van der Waals surface area contributed by atoms with Crippen molar-refractivity contribution in [3.05, 3.63) is 54.1 Å². The maximum absolute atomic E-state index is 13.7. The van der Waals surface area contributed by atoms with Gasteiger partial charge in [-0.2, -0.15) is 4.31 Å². The molecule has 1 saturated heterocycles. The van der Waals surface area contributed by atoms with Gasteiger partial charge < -0.3 is 14.8 Å². The molecule has 0 unspecified atom stereocenters. The van der Waals surface area contributed by atoms with Gasteiger partial charge in [-0.1, -0.05) is 49.6 Å². The first-order chi connectivity index (χ1) is 16.5. The number of amides is 1. The number of rotatable bonds is 5. The van der Waals surface area contributed by atoms with Crippen LogP contribution < -0.4 is 14.8 Å².